The van der Waals surface area contributed by atoms with E-state index in [4.69, 9.17) is 4.74 Å². The summed E-state index contributed by atoms with van der Waals surface area (Å²) in [5.74, 6) is 0.792. The van der Waals surface area contributed by atoms with Gasteiger partial charge in [-0.25, -0.2) is 0 Å². The van der Waals surface area contributed by atoms with Gasteiger partial charge in [0.2, 0.25) is 0 Å². The highest BCUT2D eigenvalue weighted by Crippen LogP contribution is 2.37. The summed E-state index contributed by atoms with van der Waals surface area (Å²) < 4.78 is 34.2. The first-order chi connectivity index (χ1) is 15.6. The largest absolute Gasteiger partial charge is 0.506 e. The van der Waals surface area contributed by atoms with Gasteiger partial charge in [0.1, 0.15) is 36.0 Å². The van der Waals surface area contributed by atoms with Crippen molar-refractivity contribution in [2.24, 2.45) is 10.2 Å². The number of phenolic OH excluding ortho intramolecular Hbond substituents is 1. The minimum absolute atomic E-state index is 0.107. The lowest BCUT2D eigenvalue weighted by Gasteiger charge is -2.23. The average molecular weight is 477 g/mol. The van der Waals surface area contributed by atoms with Crippen LogP contribution in [0, 0.1) is 0 Å². The Morgan fingerprint density at radius 2 is 1.52 bits per heavy atom. The molecule has 0 radical (unpaired) electrons. The lowest BCUT2D eigenvalue weighted by atomic mass is 10.1. The molecule has 0 saturated heterocycles. The average Bonchev–Trinajstić information content (AvgIpc) is 2.79. The van der Waals surface area contributed by atoms with Crippen LogP contribution >= 0.6 is 0 Å². The zero-order valence-electron chi connectivity index (χ0n) is 19.4. The number of nitrogens with zero attached hydrogens (tertiary/aromatic N) is 3. The van der Waals surface area contributed by atoms with Gasteiger partial charge in [-0.15, -0.1) is 10.2 Å². The van der Waals surface area contributed by atoms with Crippen molar-refractivity contribution >= 4 is 32.5 Å². The van der Waals surface area contributed by atoms with Crippen molar-refractivity contribution in [2.45, 2.75) is 0 Å². The second-order valence-electron chi connectivity index (χ2n) is 7.93. The van der Waals surface area contributed by atoms with E-state index < -0.39 is 10.4 Å². The normalized spacial score (nSPS) is 11.9. The van der Waals surface area contributed by atoms with Crippen LogP contribution in [0.1, 0.15) is 0 Å². The topological polar surface area (TPSA) is 107 Å². The van der Waals surface area contributed by atoms with E-state index >= 15 is 0 Å². The van der Waals surface area contributed by atoms with Crippen LogP contribution in [0.2, 0.25) is 0 Å². The number of rotatable bonds is 8. The highest BCUT2D eigenvalue weighted by Gasteiger charge is 2.10. The third-order valence-electron chi connectivity index (χ3n) is 4.43. The van der Waals surface area contributed by atoms with Crippen LogP contribution in [0.25, 0.3) is 10.8 Å². The van der Waals surface area contributed by atoms with Crippen molar-refractivity contribution in [3.63, 3.8) is 0 Å². The third kappa shape index (κ3) is 8.43. The first kappa shape index (κ1) is 26.2. The Labute approximate surface area is 194 Å². The Hall–Kier alpha value is -3.05. The SMILES string of the molecule is COS(=O)(=O)OC.C[N+](C)(C)CCOc1ccccc1N=Nc1c(O)ccc2ccccc12. The summed E-state index contributed by atoms with van der Waals surface area (Å²) in [5.41, 5.74) is 1.10. The van der Waals surface area contributed by atoms with Gasteiger partial charge in [-0.05, 0) is 23.6 Å². The van der Waals surface area contributed by atoms with Crippen molar-refractivity contribution in [3.8, 4) is 11.5 Å². The van der Waals surface area contributed by atoms with Crippen LogP contribution in [-0.2, 0) is 18.8 Å². The molecular weight excluding hydrogens is 446 g/mol. The van der Waals surface area contributed by atoms with E-state index in [9.17, 15) is 13.5 Å². The number of quaternary nitrogens is 1. The van der Waals surface area contributed by atoms with Gasteiger partial charge in [-0.1, -0.05) is 42.5 Å². The Morgan fingerprint density at radius 3 is 2.15 bits per heavy atom. The smallest absolute Gasteiger partial charge is 0.399 e. The molecule has 0 bridgehead atoms. The number of aromatic hydroxyl groups is 1. The van der Waals surface area contributed by atoms with Gasteiger partial charge < -0.3 is 14.3 Å². The Kier molecular flexibility index (Phi) is 9.30. The van der Waals surface area contributed by atoms with Crippen LogP contribution in [0.15, 0.2) is 70.9 Å². The molecule has 3 rings (SSSR count). The molecule has 178 valence electrons. The Balaban J connectivity index is 0.000000479. The summed E-state index contributed by atoms with van der Waals surface area (Å²) >= 11 is 0. The molecule has 9 nitrogen and oxygen atoms in total. The van der Waals surface area contributed by atoms with E-state index in [1.807, 2.05) is 54.6 Å². The third-order valence-corrected chi connectivity index (χ3v) is 5.25. The first-order valence-corrected chi connectivity index (χ1v) is 11.4. The molecule has 0 amide bonds. The number of azo groups is 1. The molecule has 33 heavy (non-hydrogen) atoms. The first-order valence-electron chi connectivity index (χ1n) is 10.1. The lowest BCUT2D eigenvalue weighted by molar-refractivity contribution is -0.870. The summed E-state index contributed by atoms with van der Waals surface area (Å²) in [5, 5.41) is 20.7. The summed E-state index contributed by atoms with van der Waals surface area (Å²) in [6, 6.07) is 18.8. The van der Waals surface area contributed by atoms with Crippen molar-refractivity contribution in [3.05, 3.63) is 60.7 Å². The molecular formula is C23H30N3O6S+. The van der Waals surface area contributed by atoms with Crippen LogP contribution in [0.4, 0.5) is 11.4 Å². The van der Waals surface area contributed by atoms with Crippen molar-refractivity contribution in [1.82, 2.24) is 0 Å². The van der Waals surface area contributed by atoms with Crippen molar-refractivity contribution in [2.75, 3.05) is 48.5 Å². The number of hydrogen-bond donors (Lipinski definition) is 1. The van der Waals surface area contributed by atoms with Crippen LogP contribution in [-0.4, -0.2) is 66.5 Å². The van der Waals surface area contributed by atoms with Crippen LogP contribution in [0.3, 0.4) is 0 Å². The minimum Gasteiger partial charge on any atom is -0.506 e. The maximum Gasteiger partial charge on any atom is 0.399 e. The number of fused-ring (bicyclic) bond motifs is 1. The quantitative estimate of drug-likeness (QED) is 0.377. The van der Waals surface area contributed by atoms with Crippen molar-refractivity contribution < 1.29 is 31.1 Å². The number of phenols is 1. The summed E-state index contributed by atoms with van der Waals surface area (Å²) in [6.45, 7) is 1.48. The molecule has 0 unspecified atom stereocenters. The molecule has 0 heterocycles. The van der Waals surface area contributed by atoms with Gasteiger partial charge >= 0.3 is 10.4 Å². The van der Waals surface area contributed by atoms with E-state index in [-0.39, 0.29) is 5.75 Å². The number of para-hydroxylation sites is 1. The molecule has 0 saturated carbocycles. The zero-order valence-corrected chi connectivity index (χ0v) is 20.2. The molecule has 3 aromatic rings. The highest BCUT2D eigenvalue weighted by molar-refractivity contribution is 7.81. The summed E-state index contributed by atoms with van der Waals surface area (Å²) in [7, 11) is 4.77. The van der Waals surface area contributed by atoms with E-state index in [1.165, 1.54) is 0 Å². The number of ether oxygens (including phenoxy) is 1. The fraction of sp³-hybridized carbons (Fsp3) is 0.304. The second-order valence-corrected chi connectivity index (χ2v) is 9.41. The molecule has 0 aliphatic rings. The van der Waals surface area contributed by atoms with Gasteiger partial charge in [0, 0.05) is 5.39 Å². The number of benzene rings is 3. The van der Waals surface area contributed by atoms with Gasteiger partial charge in [0.05, 0.1) is 35.4 Å². The van der Waals surface area contributed by atoms with Gasteiger partial charge in [0.15, 0.2) is 0 Å². The Bertz CT molecular complexity index is 1180. The maximum atomic E-state index is 10.2. The van der Waals surface area contributed by atoms with E-state index in [0.29, 0.717) is 23.7 Å². The fourth-order valence-electron chi connectivity index (χ4n) is 2.61. The number of hydrogen-bond acceptors (Lipinski definition) is 8. The zero-order chi connectivity index (χ0) is 24.5. The lowest BCUT2D eigenvalue weighted by Crippen LogP contribution is -2.38. The second kappa shape index (κ2) is 11.7. The van der Waals surface area contributed by atoms with Gasteiger partial charge in [-0.2, -0.15) is 8.42 Å². The van der Waals surface area contributed by atoms with E-state index in [0.717, 1.165) is 36.0 Å². The predicted molar refractivity (Wildman–Crippen MR) is 128 cm³/mol. The van der Waals surface area contributed by atoms with E-state index in [1.54, 1.807) is 6.07 Å². The molecule has 1 N–H and O–H groups in total. The van der Waals surface area contributed by atoms with Gasteiger partial charge in [-0.3, -0.25) is 8.37 Å². The molecule has 3 aromatic carbocycles. The molecule has 0 atom stereocenters. The molecule has 0 aromatic heterocycles. The molecule has 0 fully saturated rings. The molecule has 0 aliphatic carbocycles. The molecule has 0 spiro atoms. The Morgan fingerprint density at radius 1 is 0.879 bits per heavy atom. The minimum atomic E-state index is -3.66. The van der Waals surface area contributed by atoms with Crippen molar-refractivity contribution in [1.29, 1.82) is 0 Å². The summed E-state index contributed by atoms with van der Waals surface area (Å²) in [4.78, 5) is 0. The monoisotopic (exact) mass is 476 g/mol. The van der Waals surface area contributed by atoms with Gasteiger partial charge in [0.25, 0.3) is 0 Å². The maximum absolute atomic E-state index is 10.2. The number of likely N-dealkylation sites (N-methyl/N-ethyl adjacent to an activating group) is 1. The van der Waals surface area contributed by atoms with Crippen LogP contribution in [0.5, 0.6) is 11.5 Å². The molecule has 0 aliphatic heterocycles. The fourth-order valence-corrected chi connectivity index (χ4v) is 2.75. The standard InChI is InChI=1S/C21H23N3O2.C2H6O4S/c1-24(2,3)14-15-26-20-11-7-6-10-18(20)22-23-21-17-9-5-4-8-16(17)12-13-19(21)25;1-5-7(3,4)6-2/h4-13H,14-15H2,1-3H3;1-2H3/p+1. The highest BCUT2D eigenvalue weighted by atomic mass is 32.3. The van der Waals surface area contributed by atoms with Crippen LogP contribution < -0.4 is 4.74 Å². The predicted octanol–water partition coefficient (Wildman–Crippen LogP) is 4.57. The van der Waals surface area contributed by atoms with E-state index in [2.05, 4.69) is 39.7 Å². The summed E-state index contributed by atoms with van der Waals surface area (Å²) in [6.07, 6.45) is 0. The molecule has 10 heteroatoms.